The molecule has 0 aromatic heterocycles. The predicted octanol–water partition coefficient (Wildman–Crippen LogP) is 3.97. The minimum absolute atomic E-state index is 0.145. The van der Waals surface area contributed by atoms with Gasteiger partial charge in [-0.15, -0.1) is 0 Å². The Bertz CT molecular complexity index is 178. The van der Waals surface area contributed by atoms with Crippen molar-refractivity contribution in [3.63, 3.8) is 0 Å². The van der Waals surface area contributed by atoms with E-state index in [0.29, 0.717) is 0 Å². The number of nitrogens with two attached hydrogens (primary N) is 1. The van der Waals surface area contributed by atoms with Crippen LogP contribution in [0.2, 0.25) is 0 Å². The van der Waals surface area contributed by atoms with E-state index < -0.39 is 0 Å². The number of hydrogen-bond acceptors (Lipinski definition) is 1. The fourth-order valence-corrected chi connectivity index (χ4v) is 3.78. The first-order valence-corrected chi connectivity index (χ1v) is 6.74. The summed E-state index contributed by atoms with van der Waals surface area (Å²) in [4.78, 5) is 0. The Hall–Kier alpha value is -0.0400. The first-order chi connectivity index (χ1) is 6.95. The van der Waals surface area contributed by atoms with Crippen molar-refractivity contribution in [1.82, 2.24) is 0 Å². The van der Waals surface area contributed by atoms with E-state index in [4.69, 9.17) is 5.73 Å². The van der Waals surface area contributed by atoms with E-state index in [1.807, 2.05) is 0 Å². The maximum Gasteiger partial charge on any atom is 0.0162 e. The van der Waals surface area contributed by atoms with Crippen LogP contribution in [0.5, 0.6) is 0 Å². The first kappa shape index (κ1) is 13.0. The summed E-state index contributed by atoms with van der Waals surface area (Å²) in [5.74, 6) is 2.46. The molecule has 1 rings (SSSR count). The third-order valence-electron chi connectivity index (χ3n) is 3.85. The Morgan fingerprint density at radius 2 is 1.80 bits per heavy atom. The van der Waals surface area contributed by atoms with Gasteiger partial charge in [-0.3, -0.25) is 0 Å². The van der Waals surface area contributed by atoms with Gasteiger partial charge < -0.3 is 5.73 Å². The normalized spacial score (nSPS) is 39.0. The van der Waals surface area contributed by atoms with Crippen LogP contribution < -0.4 is 5.73 Å². The highest BCUT2D eigenvalue weighted by Gasteiger charge is 2.35. The standard InChI is InChI=1S/C14H29N/c1-5-6-11(2)8-14(15)9-12(3)7-13(4)10-14/h11-13H,5-10,15H2,1-4H3. The second kappa shape index (κ2) is 5.34. The molecule has 1 heteroatoms. The summed E-state index contributed by atoms with van der Waals surface area (Å²) in [5.41, 5.74) is 6.72. The molecule has 15 heavy (non-hydrogen) atoms. The van der Waals surface area contributed by atoms with E-state index in [1.54, 1.807) is 0 Å². The van der Waals surface area contributed by atoms with Crippen molar-refractivity contribution < 1.29 is 0 Å². The zero-order chi connectivity index (χ0) is 11.5. The molecule has 0 spiro atoms. The summed E-state index contributed by atoms with van der Waals surface area (Å²) in [5, 5.41) is 0. The third-order valence-corrected chi connectivity index (χ3v) is 3.85. The fraction of sp³-hybridized carbons (Fsp3) is 1.00. The molecule has 0 amide bonds. The van der Waals surface area contributed by atoms with Gasteiger partial charge in [-0.1, -0.05) is 40.5 Å². The fourth-order valence-electron chi connectivity index (χ4n) is 3.78. The van der Waals surface area contributed by atoms with Gasteiger partial charge in [0, 0.05) is 5.54 Å². The first-order valence-electron chi connectivity index (χ1n) is 6.74. The average molecular weight is 211 g/mol. The molecule has 0 aromatic rings. The van der Waals surface area contributed by atoms with Crippen LogP contribution in [0.1, 0.15) is 66.2 Å². The molecule has 0 aromatic carbocycles. The second-order valence-corrected chi connectivity index (χ2v) is 6.31. The van der Waals surface area contributed by atoms with E-state index >= 15 is 0 Å². The smallest absolute Gasteiger partial charge is 0.0162 e. The topological polar surface area (TPSA) is 26.0 Å². The predicted molar refractivity (Wildman–Crippen MR) is 67.8 cm³/mol. The van der Waals surface area contributed by atoms with E-state index in [2.05, 4.69) is 27.7 Å². The van der Waals surface area contributed by atoms with Crippen molar-refractivity contribution >= 4 is 0 Å². The Kier molecular flexibility index (Phi) is 4.64. The number of hydrogen-bond donors (Lipinski definition) is 1. The van der Waals surface area contributed by atoms with Gasteiger partial charge in [-0.25, -0.2) is 0 Å². The molecule has 2 N–H and O–H groups in total. The van der Waals surface area contributed by atoms with E-state index in [9.17, 15) is 0 Å². The van der Waals surface area contributed by atoms with Crippen molar-refractivity contribution in [2.24, 2.45) is 23.5 Å². The van der Waals surface area contributed by atoms with Crippen LogP contribution in [-0.2, 0) is 0 Å². The maximum absolute atomic E-state index is 6.57. The van der Waals surface area contributed by atoms with Crippen molar-refractivity contribution in [1.29, 1.82) is 0 Å². The zero-order valence-corrected chi connectivity index (χ0v) is 11.1. The lowest BCUT2D eigenvalue weighted by Gasteiger charge is -2.41. The van der Waals surface area contributed by atoms with Gasteiger partial charge in [0.2, 0.25) is 0 Å². The van der Waals surface area contributed by atoms with Crippen LogP contribution in [-0.4, -0.2) is 5.54 Å². The maximum atomic E-state index is 6.57. The van der Waals surface area contributed by atoms with Crippen LogP contribution in [0.25, 0.3) is 0 Å². The largest absolute Gasteiger partial charge is 0.325 e. The molecule has 0 bridgehead atoms. The molecular weight excluding hydrogens is 182 g/mol. The molecule has 1 aliphatic rings. The van der Waals surface area contributed by atoms with Crippen LogP contribution in [0.3, 0.4) is 0 Å². The Morgan fingerprint density at radius 3 is 2.27 bits per heavy atom. The lowest BCUT2D eigenvalue weighted by molar-refractivity contribution is 0.154. The van der Waals surface area contributed by atoms with Gasteiger partial charge in [-0.2, -0.15) is 0 Å². The zero-order valence-electron chi connectivity index (χ0n) is 11.1. The number of rotatable bonds is 4. The Balaban J connectivity index is 2.49. The summed E-state index contributed by atoms with van der Waals surface area (Å²) in [7, 11) is 0. The Morgan fingerprint density at radius 1 is 1.27 bits per heavy atom. The van der Waals surface area contributed by atoms with Crippen LogP contribution in [0, 0.1) is 17.8 Å². The van der Waals surface area contributed by atoms with Gasteiger partial charge in [0.15, 0.2) is 0 Å². The minimum Gasteiger partial charge on any atom is -0.325 e. The minimum atomic E-state index is 0.145. The van der Waals surface area contributed by atoms with E-state index in [0.717, 1.165) is 17.8 Å². The highest BCUT2D eigenvalue weighted by molar-refractivity contribution is 4.92. The molecule has 0 saturated heterocycles. The van der Waals surface area contributed by atoms with Gasteiger partial charge in [-0.05, 0) is 43.4 Å². The molecule has 1 fully saturated rings. The molecule has 90 valence electrons. The summed E-state index contributed by atoms with van der Waals surface area (Å²) in [6.07, 6.45) is 7.72. The SMILES string of the molecule is CCCC(C)CC1(N)CC(C)CC(C)C1. The van der Waals surface area contributed by atoms with Crippen LogP contribution in [0.15, 0.2) is 0 Å². The summed E-state index contributed by atoms with van der Waals surface area (Å²) >= 11 is 0. The van der Waals surface area contributed by atoms with Gasteiger partial charge >= 0.3 is 0 Å². The Labute approximate surface area is 95.8 Å². The van der Waals surface area contributed by atoms with Gasteiger partial charge in [0.25, 0.3) is 0 Å². The van der Waals surface area contributed by atoms with Crippen LogP contribution in [0.4, 0.5) is 0 Å². The molecule has 0 radical (unpaired) electrons. The summed E-state index contributed by atoms with van der Waals surface area (Å²) in [6.45, 7) is 9.36. The molecule has 3 unspecified atom stereocenters. The molecule has 3 atom stereocenters. The third kappa shape index (κ3) is 4.14. The molecule has 1 aliphatic carbocycles. The summed E-state index contributed by atoms with van der Waals surface area (Å²) < 4.78 is 0. The molecule has 0 heterocycles. The van der Waals surface area contributed by atoms with E-state index in [1.165, 1.54) is 38.5 Å². The quantitative estimate of drug-likeness (QED) is 0.748. The second-order valence-electron chi connectivity index (χ2n) is 6.31. The lowest BCUT2D eigenvalue weighted by atomic mass is 9.68. The van der Waals surface area contributed by atoms with E-state index in [-0.39, 0.29) is 5.54 Å². The van der Waals surface area contributed by atoms with Crippen molar-refractivity contribution in [3.8, 4) is 0 Å². The molecule has 0 aliphatic heterocycles. The average Bonchev–Trinajstić information content (AvgIpc) is 1.99. The van der Waals surface area contributed by atoms with Crippen molar-refractivity contribution in [2.75, 3.05) is 0 Å². The monoisotopic (exact) mass is 211 g/mol. The lowest BCUT2D eigenvalue weighted by Crippen LogP contribution is -2.47. The highest BCUT2D eigenvalue weighted by atomic mass is 14.8. The molecule has 1 nitrogen and oxygen atoms in total. The van der Waals surface area contributed by atoms with Crippen LogP contribution >= 0.6 is 0 Å². The molecular formula is C14H29N. The summed E-state index contributed by atoms with van der Waals surface area (Å²) in [6, 6.07) is 0. The molecule has 1 saturated carbocycles. The van der Waals surface area contributed by atoms with Gasteiger partial charge in [0.05, 0.1) is 0 Å². The highest BCUT2D eigenvalue weighted by Crippen LogP contribution is 2.38. The van der Waals surface area contributed by atoms with Crippen molar-refractivity contribution in [2.45, 2.75) is 71.8 Å². The van der Waals surface area contributed by atoms with Gasteiger partial charge in [0.1, 0.15) is 0 Å². The van der Waals surface area contributed by atoms with Crippen molar-refractivity contribution in [3.05, 3.63) is 0 Å².